The Morgan fingerprint density at radius 3 is 2.71 bits per heavy atom. The van der Waals surface area contributed by atoms with Crippen molar-refractivity contribution in [1.82, 2.24) is 15.1 Å². The first-order valence-corrected chi connectivity index (χ1v) is 9.06. The molecule has 3 aliphatic rings. The number of hydrogen-bond donors (Lipinski definition) is 1. The normalized spacial score (nSPS) is 27.4. The lowest BCUT2D eigenvalue weighted by Crippen LogP contribution is -2.56. The Balaban J connectivity index is 1.29. The van der Waals surface area contributed by atoms with E-state index >= 15 is 0 Å². The van der Waals surface area contributed by atoms with Crippen molar-refractivity contribution in [2.24, 2.45) is 10.9 Å². The SMILES string of the molecule is CN=C(NC1CC1Cc1ccccc1)N1CCN(C2CC2)C(=O)C1. The molecule has 0 aromatic heterocycles. The maximum Gasteiger partial charge on any atom is 0.242 e. The number of aliphatic imine (C=N–C) groups is 1. The topological polar surface area (TPSA) is 47.9 Å². The summed E-state index contributed by atoms with van der Waals surface area (Å²) in [6, 6.07) is 11.7. The Morgan fingerprint density at radius 1 is 1.25 bits per heavy atom. The molecule has 1 saturated heterocycles. The van der Waals surface area contributed by atoms with Gasteiger partial charge in [0.15, 0.2) is 5.96 Å². The van der Waals surface area contributed by atoms with E-state index in [9.17, 15) is 4.79 Å². The maximum atomic E-state index is 12.3. The zero-order valence-corrected chi connectivity index (χ0v) is 14.3. The highest BCUT2D eigenvalue weighted by Gasteiger charge is 2.40. The summed E-state index contributed by atoms with van der Waals surface area (Å²) in [6.45, 7) is 2.19. The van der Waals surface area contributed by atoms with E-state index < -0.39 is 0 Å². The Hall–Kier alpha value is -2.04. The summed E-state index contributed by atoms with van der Waals surface area (Å²) in [5.41, 5.74) is 1.40. The quantitative estimate of drug-likeness (QED) is 0.674. The lowest BCUT2D eigenvalue weighted by Gasteiger charge is -2.36. The fourth-order valence-corrected chi connectivity index (χ4v) is 3.67. The van der Waals surface area contributed by atoms with Crippen LogP contribution in [0.3, 0.4) is 0 Å². The standard InChI is InChI=1S/C19H26N4O/c1-20-19(22-9-10-23(16-7-8-16)18(24)13-22)21-17-12-15(17)11-14-5-3-2-4-6-14/h2-6,15-17H,7-13H2,1H3,(H,20,21). The lowest BCUT2D eigenvalue weighted by molar-refractivity contribution is -0.135. The minimum Gasteiger partial charge on any atom is -0.353 e. The highest BCUT2D eigenvalue weighted by Crippen LogP contribution is 2.34. The van der Waals surface area contributed by atoms with Crippen LogP contribution < -0.4 is 5.32 Å². The summed E-state index contributed by atoms with van der Waals surface area (Å²) < 4.78 is 0. The number of piperazine rings is 1. The second kappa shape index (κ2) is 6.46. The Bertz CT molecular complexity index is 626. The molecule has 1 heterocycles. The molecule has 5 heteroatoms. The van der Waals surface area contributed by atoms with E-state index in [4.69, 9.17) is 0 Å². The highest BCUT2D eigenvalue weighted by atomic mass is 16.2. The van der Waals surface area contributed by atoms with E-state index in [-0.39, 0.29) is 5.91 Å². The van der Waals surface area contributed by atoms with Crippen molar-refractivity contribution in [3.8, 4) is 0 Å². The summed E-state index contributed by atoms with van der Waals surface area (Å²) in [4.78, 5) is 20.9. The van der Waals surface area contributed by atoms with Crippen LogP contribution in [0.25, 0.3) is 0 Å². The summed E-state index contributed by atoms with van der Waals surface area (Å²) >= 11 is 0. The van der Waals surface area contributed by atoms with Gasteiger partial charge >= 0.3 is 0 Å². The molecule has 1 aromatic rings. The van der Waals surface area contributed by atoms with Crippen molar-refractivity contribution < 1.29 is 4.79 Å². The molecule has 1 aliphatic heterocycles. The zero-order chi connectivity index (χ0) is 16.5. The van der Waals surface area contributed by atoms with Crippen LogP contribution in [0, 0.1) is 5.92 Å². The van der Waals surface area contributed by atoms with Gasteiger partial charge in [-0.2, -0.15) is 0 Å². The van der Waals surface area contributed by atoms with Crippen LogP contribution in [-0.4, -0.2) is 60.4 Å². The minimum absolute atomic E-state index is 0.253. The summed E-state index contributed by atoms with van der Waals surface area (Å²) in [5.74, 6) is 1.82. The van der Waals surface area contributed by atoms with Crippen LogP contribution in [-0.2, 0) is 11.2 Å². The number of rotatable bonds is 4. The number of hydrogen-bond acceptors (Lipinski definition) is 2. The molecule has 24 heavy (non-hydrogen) atoms. The summed E-state index contributed by atoms with van der Waals surface area (Å²) in [5, 5.41) is 3.57. The van der Waals surface area contributed by atoms with Crippen molar-refractivity contribution >= 4 is 11.9 Å². The van der Waals surface area contributed by atoms with Crippen molar-refractivity contribution in [1.29, 1.82) is 0 Å². The van der Waals surface area contributed by atoms with E-state index in [0.29, 0.717) is 24.5 Å². The predicted molar refractivity (Wildman–Crippen MR) is 94.8 cm³/mol. The van der Waals surface area contributed by atoms with Crippen LogP contribution in [0.4, 0.5) is 0 Å². The van der Waals surface area contributed by atoms with Crippen LogP contribution in [0.5, 0.6) is 0 Å². The van der Waals surface area contributed by atoms with E-state index in [0.717, 1.165) is 25.5 Å². The summed E-state index contributed by atoms with van der Waals surface area (Å²) in [6.07, 6.45) is 4.66. The molecule has 1 aromatic carbocycles. The van der Waals surface area contributed by atoms with Crippen LogP contribution in [0.1, 0.15) is 24.8 Å². The molecule has 4 rings (SSSR count). The van der Waals surface area contributed by atoms with Crippen molar-refractivity contribution in [3.63, 3.8) is 0 Å². The average molecular weight is 326 g/mol. The molecule has 2 aliphatic carbocycles. The average Bonchev–Trinajstić information content (AvgIpc) is 3.50. The van der Waals surface area contributed by atoms with Gasteiger partial charge in [0, 0.05) is 32.2 Å². The largest absolute Gasteiger partial charge is 0.353 e. The first-order chi connectivity index (χ1) is 11.7. The molecule has 128 valence electrons. The monoisotopic (exact) mass is 326 g/mol. The van der Waals surface area contributed by atoms with Gasteiger partial charge in [-0.05, 0) is 37.2 Å². The third-order valence-corrected chi connectivity index (χ3v) is 5.33. The number of nitrogens with zero attached hydrogens (tertiary/aromatic N) is 3. The van der Waals surface area contributed by atoms with E-state index in [1.807, 2.05) is 7.05 Å². The molecular formula is C19H26N4O. The van der Waals surface area contributed by atoms with Crippen LogP contribution in [0.2, 0.25) is 0 Å². The molecule has 0 bridgehead atoms. The number of guanidine groups is 1. The van der Waals surface area contributed by atoms with E-state index in [1.165, 1.54) is 24.8 Å². The number of benzene rings is 1. The predicted octanol–water partition coefficient (Wildman–Crippen LogP) is 1.50. The van der Waals surface area contributed by atoms with Gasteiger partial charge in [-0.1, -0.05) is 30.3 Å². The molecule has 0 spiro atoms. The Morgan fingerprint density at radius 2 is 2.04 bits per heavy atom. The summed E-state index contributed by atoms with van der Waals surface area (Å²) in [7, 11) is 1.81. The van der Waals surface area contributed by atoms with Gasteiger partial charge < -0.3 is 15.1 Å². The third kappa shape index (κ3) is 3.40. The van der Waals surface area contributed by atoms with E-state index in [2.05, 4.69) is 50.4 Å². The van der Waals surface area contributed by atoms with Gasteiger partial charge in [-0.25, -0.2) is 0 Å². The van der Waals surface area contributed by atoms with Gasteiger partial charge in [0.2, 0.25) is 5.91 Å². The number of nitrogens with one attached hydrogen (secondary N) is 1. The molecule has 3 fully saturated rings. The van der Waals surface area contributed by atoms with Gasteiger partial charge in [-0.3, -0.25) is 9.79 Å². The molecular weight excluding hydrogens is 300 g/mol. The van der Waals surface area contributed by atoms with Crippen molar-refractivity contribution in [2.45, 2.75) is 37.8 Å². The molecule has 2 unspecified atom stereocenters. The van der Waals surface area contributed by atoms with Crippen molar-refractivity contribution in [3.05, 3.63) is 35.9 Å². The smallest absolute Gasteiger partial charge is 0.242 e. The Labute approximate surface area is 143 Å². The zero-order valence-electron chi connectivity index (χ0n) is 14.3. The first kappa shape index (κ1) is 15.5. The molecule has 2 atom stereocenters. The minimum atomic E-state index is 0.253. The van der Waals surface area contributed by atoms with Crippen LogP contribution in [0.15, 0.2) is 35.3 Å². The lowest BCUT2D eigenvalue weighted by atomic mass is 10.1. The van der Waals surface area contributed by atoms with Gasteiger partial charge in [0.1, 0.15) is 0 Å². The fraction of sp³-hybridized carbons (Fsp3) is 0.579. The third-order valence-electron chi connectivity index (χ3n) is 5.33. The van der Waals surface area contributed by atoms with Gasteiger partial charge in [0.05, 0.1) is 6.54 Å². The number of amides is 1. The molecule has 1 amide bonds. The number of carbonyl (C=O) groups is 1. The Kier molecular flexibility index (Phi) is 4.17. The first-order valence-electron chi connectivity index (χ1n) is 9.06. The molecule has 5 nitrogen and oxygen atoms in total. The highest BCUT2D eigenvalue weighted by molar-refractivity contribution is 5.88. The molecule has 1 N–H and O–H groups in total. The fourth-order valence-electron chi connectivity index (χ4n) is 3.67. The molecule has 2 saturated carbocycles. The second-order valence-corrected chi connectivity index (χ2v) is 7.22. The number of carbonyl (C=O) groups excluding carboxylic acids is 1. The molecule has 0 radical (unpaired) electrons. The van der Waals surface area contributed by atoms with Gasteiger partial charge in [-0.15, -0.1) is 0 Å². The second-order valence-electron chi connectivity index (χ2n) is 7.22. The van der Waals surface area contributed by atoms with Gasteiger partial charge in [0.25, 0.3) is 0 Å². The maximum absolute atomic E-state index is 12.3. The van der Waals surface area contributed by atoms with Crippen LogP contribution >= 0.6 is 0 Å². The van der Waals surface area contributed by atoms with Crippen molar-refractivity contribution in [2.75, 3.05) is 26.7 Å². The van der Waals surface area contributed by atoms with E-state index in [1.54, 1.807) is 0 Å².